The van der Waals surface area contributed by atoms with Crippen molar-refractivity contribution in [2.75, 3.05) is 6.61 Å². The number of aryl methyl sites for hydroxylation is 4. The van der Waals surface area contributed by atoms with E-state index in [2.05, 4.69) is 39.4 Å². The monoisotopic (exact) mass is 415 g/mol. The molecular formula is C22H26BrNO2. The summed E-state index contributed by atoms with van der Waals surface area (Å²) in [7, 11) is 0. The highest BCUT2D eigenvalue weighted by Crippen LogP contribution is 2.27. The lowest BCUT2D eigenvalue weighted by Gasteiger charge is -2.20. The van der Waals surface area contributed by atoms with Crippen LogP contribution in [0.1, 0.15) is 53.6 Å². The molecular weight excluding hydrogens is 390 g/mol. The Bertz CT molecular complexity index is 793. The fourth-order valence-corrected chi connectivity index (χ4v) is 3.76. The number of carbonyl (C=O) groups is 1. The van der Waals surface area contributed by atoms with Crippen molar-refractivity contribution < 1.29 is 9.53 Å². The van der Waals surface area contributed by atoms with Gasteiger partial charge in [-0.15, -0.1) is 0 Å². The molecule has 3 nitrogen and oxygen atoms in total. The van der Waals surface area contributed by atoms with Crippen LogP contribution in [0.3, 0.4) is 0 Å². The first kappa shape index (κ1) is 19.0. The van der Waals surface area contributed by atoms with Gasteiger partial charge in [-0.25, -0.2) is 0 Å². The van der Waals surface area contributed by atoms with Crippen LogP contribution in [0.4, 0.5) is 0 Å². The predicted molar refractivity (Wildman–Crippen MR) is 109 cm³/mol. The summed E-state index contributed by atoms with van der Waals surface area (Å²) >= 11 is 3.54. The number of hydrogen-bond donors (Lipinski definition) is 1. The second-order valence-electron chi connectivity index (χ2n) is 7.18. The van der Waals surface area contributed by atoms with Crippen molar-refractivity contribution in [3.05, 3.63) is 62.6 Å². The Morgan fingerprint density at radius 1 is 1.12 bits per heavy atom. The first-order valence-electron chi connectivity index (χ1n) is 9.24. The molecule has 2 aromatic rings. The molecule has 138 valence electrons. The van der Waals surface area contributed by atoms with Gasteiger partial charge in [-0.05, 0) is 86.4 Å². The smallest absolute Gasteiger partial charge is 0.258 e. The number of carbonyl (C=O) groups excluding carboxylic acids is 1. The average Bonchev–Trinajstić information content (AvgIpc) is 2.63. The number of ether oxygens (including phenoxy) is 1. The van der Waals surface area contributed by atoms with Gasteiger partial charge in [0.15, 0.2) is 6.61 Å². The van der Waals surface area contributed by atoms with Crippen molar-refractivity contribution in [3.8, 4) is 5.75 Å². The van der Waals surface area contributed by atoms with Gasteiger partial charge in [0.25, 0.3) is 5.91 Å². The van der Waals surface area contributed by atoms with Crippen LogP contribution in [0.2, 0.25) is 0 Å². The highest BCUT2D eigenvalue weighted by atomic mass is 79.9. The minimum absolute atomic E-state index is 0.0216. The van der Waals surface area contributed by atoms with Crippen LogP contribution in [0.5, 0.6) is 5.75 Å². The third-order valence-corrected chi connectivity index (χ3v) is 6.28. The fraction of sp³-hybridized carbons (Fsp3) is 0.409. The number of fused-ring (bicyclic) bond motifs is 1. The maximum absolute atomic E-state index is 12.3. The second-order valence-corrected chi connectivity index (χ2v) is 7.98. The maximum atomic E-state index is 12.3. The zero-order valence-electron chi connectivity index (χ0n) is 15.7. The van der Waals surface area contributed by atoms with E-state index in [0.29, 0.717) is 0 Å². The van der Waals surface area contributed by atoms with Gasteiger partial charge in [0.05, 0.1) is 6.04 Å². The molecule has 0 radical (unpaired) electrons. The highest BCUT2D eigenvalue weighted by molar-refractivity contribution is 9.10. The van der Waals surface area contributed by atoms with Crippen molar-refractivity contribution in [2.45, 2.75) is 52.5 Å². The largest absolute Gasteiger partial charge is 0.484 e. The Morgan fingerprint density at radius 2 is 1.77 bits per heavy atom. The van der Waals surface area contributed by atoms with Crippen LogP contribution in [-0.4, -0.2) is 12.5 Å². The van der Waals surface area contributed by atoms with Crippen LogP contribution in [0.25, 0.3) is 0 Å². The lowest BCUT2D eigenvalue weighted by Crippen LogP contribution is -2.31. The summed E-state index contributed by atoms with van der Waals surface area (Å²) in [5, 5.41) is 3.04. The summed E-state index contributed by atoms with van der Waals surface area (Å²) in [5.41, 5.74) is 6.26. The zero-order valence-corrected chi connectivity index (χ0v) is 17.3. The van der Waals surface area contributed by atoms with Gasteiger partial charge in [-0.1, -0.05) is 34.1 Å². The number of nitrogens with one attached hydrogen (secondary N) is 1. The minimum atomic E-state index is -0.103. The Morgan fingerprint density at radius 3 is 2.46 bits per heavy atom. The average molecular weight is 416 g/mol. The van der Waals surface area contributed by atoms with Crippen molar-refractivity contribution >= 4 is 21.8 Å². The van der Waals surface area contributed by atoms with E-state index in [1.807, 2.05) is 32.9 Å². The standard InChI is InChI=1S/C22H26BrNO2/c1-14-10-20(11-15(2)22(14)23)26-13-21(25)24-16(3)18-9-8-17-6-4-5-7-19(17)12-18/h8-12,16H,4-7,13H2,1-3H3,(H,24,25)/t16-/m0/s1. The molecule has 2 aromatic carbocycles. The van der Waals surface area contributed by atoms with Gasteiger partial charge in [-0.3, -0.25) is 4.79 Å². The molecule has 1 aliphatic rings. The Labute approximate surface area is 164 Å². The van der Waals surface area contributed by atoms with Crippen molar-refractivity contribution in [1.29, 1.82) is 0 Å². The summed E-state index contributed by atoms with van der Waals surface area (Å²) in [5.74, 6) is 0.619. The quantitative estimate of drug-likeness (QED) is 0.728. The summed E-state index contributed by atoms with van der Waals surface area (Å²) in [6, 6.07) is 10.5. The molecule has 1 atom stereocenters. The first-order valence-corrected chi connectivity index (χ1v) is 10.0. The van der Waals surface area contributed by atoms with Gasteiger partial charge < -0.3 is 10.1 Å². The van der Waals surface area contributed by atoms with Gasteiger partial charge in [0, 0.05) is 4.47 Å². The van der Waals surface area contributed by atoms with Gasteiger partial charge >= 0.3 is 0 Å². The number of halogens is 1. The molecule has 0 aliphatic heterocycles. The summed E-state index contributed by atoms with van der Waals surface area (Å²) in [4.78, 5) is 12.3. The first-order chi connectivity index (χ1) is 12.4. The molecule has 1 aliphatic carbocycles. The van der Waals surface area contributed by atoms with E-state index < -0.39 is 0 Å². The van der Waals surface area contributed by atoms with E-state index in [-0.39, 0.29) is 18.6 Å². The van der Waals surface area contributed by atoms with Crippen LogP contribution in [0.15, 0.2) is 34.8 Å². The Kier molecular flexibility index (Phi) is 6.02. The molecule has 4 heteroatoms. The Hall–Kier alpha value is -1.81. The van der Waals surface area contributed by atoms with Crippen LogP contribution in [-0.2, 0) is 17.6 Å². The van der Waals surface area contributed by atoms with E-state index in [0.717, 1.165) is 33.3 Å². The molecule has 26 heavy (non-hydrogen) atoms. The van der Waals surface area contributed by atoms with Crippen LogP contribution < -0.4 is 10.1 Å². The molecule has 0 spiro atoms. The van der Waals surface area contributed by atoms with E-state index >= 15 is 0 Å². The topological polar surface area (TPSA) is 38.3 Å². The second kappa shape index (κ2) is 8.26. The molecule has 0 fully saturated rings. The lowest BCUT2D eigenvalue weighted by atomic mass is 9.89. The highest BCUT2D eigenvalue weighted by Gasteiger charge is 2.14. The molecule has 0 saturated carbocycles. The number of hydrogen-bond acceptors (Lipinski definition) is 2. The molecule has 0 unspecified atom stereocenters. The molecule has 0 bridgehead atoms. The summed E-state index contributed by atoms with van der Waals surface area (Å²) in [6.07, 6.45) is 4.87. The molecule has 1 N–H and O–H groups in total. The lowest BCUT2D eigenvalue weighted by molar-refractivity contribution is -0.123. The van der Waals surface area contributed by atoms with Crippen LogP contribution in [0, 0.1) is 13.8 Å². The Balaban J connectivity index is 1.58. The van der Waals surface area contributed by atoms with Gasteiger partial charge in [0.1, 0.15) is 5.75 Å². The summed E-state index contributed by atoms with van der Waals surface area (Å²) in [6.45, 7) is 6.08. The fourth-order valence-electron chi connectivity index (χ4n) is 3.53. The van der Waals surface area contributed by atoms with E-state index in [9.17, 15) is 4.79 Å². The zero-order chi connectivity index (χ0) is 18.7. The molecule has 0 saturated heterocycles. The SMILES string of the molecule is Cc1cc(OCC(=O)N[C@@H](C)c2ccc3c(c2)CCCC3)cc(C)c1Br. The van der Waals surface area contributed by atoms with E-state index in [4.69, 9.17) is 4.74 Å². The number of amides is 1. The van der Waals surface area contributed by atoms with Crippen molar-refractivity contribution in [3.63, 3.8) is 0 Å². The maximum Gasteiger partial charge on any atom is 0.258 e. The van der Waals surface area contributed by atoms with Gasteiger partial charge in [0.2, 0.25) is 0 Å². The normalized spacial score (nSPS) is 14.5. The molecule has 3 rings (SSSR count). The molecule has 0 heterocycles. The third kappa shape index (κ3) is 4.47. The van der Waals surface area contributed by atoms with Crippen molar-refractivity contribution in [1.82, 2.24) is 5.32 Å². The van der Waals surface area contributed by atoms with E-state index in [1.54, 1.807) is 0 Å². The predicted octanol–water partition coefficient (Wildman–Crippen LogP) is 5.20. The van der Waals surface area contributed by atoms with Gasteiger partial charge in [-0.2, -0.15) is 0 Å². The van der Waals surface area contributed by atoms with Crippen LogP contribution >= 0.6 is 15.9 Å². The van der Waals surface area contributed by atoms with Crippen molar-refractivity contribution in [2.24, 2.45) is 0 Å². The molecule has 1 amide bonds. The number of rotatable bonds is 5. The number of benzene rings is 2. The minimum Gasteiger partial charge on any atom is -0.484 e. The molecule has 0 aromatic heterocycles. The van der Waals surface area contributed by atoms with E-state index in [1.165, 1.54) is 30.4 Å². The third-order valence-electron chi connectivity index (χ3n) is 5.03. The summed E-state index contributed by atoms with van der Waals surface area (Å²) < 4.78 is 6.76.